The molecule has 0 aliphatic carbocycles. The van der Waals surface area contributed by atoms with Gasteiger partial charge in [0.05, 0.1) is 11.4 Å². The second-order valence-corrected chi connectivity index (χ2v) is 4.17. The minimum Gasteiger partial charge on any atom is -0.313 e. The highest BCUT2D eigenvalue weighted by Crippen LogP contribution is 2.22. The van der Waals surface area contributed by atoms with Gasteiger partial charge in [-0.2, -0.15) is 0 Å². The summed E-state index contributed by atoms with van der Waals surface area (Å²) in [5.41, 5.74) is 2.99. The Balaban J connectivity index is 2.20. The molecular formula is C13H12FN3. The number of benzene rings is 1. The normalized spacial score (nSPS) is 11.2. The van der Waals surface area contributed by atoms with Gasteiger partial charge in [-0.25, -0.2) is 9.37 Å². The minimum absolute atomic E-state index is 0.219. The molecule has 0 amide bonds. The maximum atomic E-state index is 12.9. The summed E-state index contributed by atoms with van der Waals surface area (Å²) in [6, 6.07) is 6.49. The molecule has 0 fully saturated rings. The molecule has 0 aliphatic rings. The van der Waals surface area contributed by atoms with Crippen LogP contribution in [0.4, 0.5) is 4.39 Å². The Labute approximate surface area is 98.1 Å². The van der Waals surface area contributed by atoms with Gasteiger partial charge in [0, 0.05) is 19.4 Å². The number of hydrogen-bond donors (Lipinski definition) is 0. The number of aryl methyl sites for hydroxylation is 2. The summed E-state index contributed by atoms with van der Waals surface area (Å²) in [4.78, 5) is 4.43. The Morgan fingerprint density at radius 2 is 1.82 bits per heavy atom. The van der Waals surface area contributed by atoms with E-state index >= 15 is 0 Å². The van der Waals surface area contributed by atoms with Gasteiger partial charge in [0.25, 0.3) is 0 Å². The van der Waals surface area contributed by atoms with Gasteiger partial charge in [-0.15, -0.1) is 0 Å². The molecule has 0 saturated heterocycles. The third kappa shape index (κ3) is 1.53. The van der Waals surface area contributed by atoms with Crippen LogP contribution in [-0.4, -0.2) is 14.0 Å². The van der Waals surface area contributed by atoms with Gasteiger partial charge in [-0.1, -0.05) is 0 Å². The standard InChI is InChI=1S/C13H12FN3/c1-9-7-17-8-12(16(2)13(17)15-9)10-3-5-11(14)6-4-10/h3-8H,1-2H3. The average molecular weight is 229 g/mol. The summed E-state index contributed by atoms with van der Waals surface area (Å²) >= 11 is 0. The highest BCUT2D eigenvalue weighted by molar-refractivity contribution is 5.62. The van der Waals surface area contributed by atoms with E-state index in [4.69, 9.17) is 0 Å². The van der Waals surface area contributed by atoms with Crippen molar-refractivity contribution in [3.63, 3.8) is 0 Å². The molecule has 3 aromatic rings. The number of fused-ring (bicyclic) bond motifs is 1. The first kappa shape index (κ1) is 10.1. The van der Waals surface area contributed by atoms with Crippen molar-refractivity contribution < 1.29 is 4.39 Å². The molecule has 3 nitrogen and oxygen atoms in total. The van der Waals surface area contributed by atoms with Crippen LogP contribution >= 0.6 is 0 Å². The number of aromatic nitrogens is 3. The lowest BCUT2D eigenvalue weighted by atomic mass is 10.2. The van der Waals surface area contributed by atoms with Crippen LogP contribution in [0.3, 0.4) is 0 Å². The summed E-state index contributed by atoms with van der Waals surface area (Å²) in [5, 5.41) is 0. The van der Waals surface area contributed by atoms with Crippen LogP contribution in [0.25, 0.3) is 17.0 Å². The predicted octanol–water partition coefficient (Wildman–Crippen LogP) is 2.79. The van der Waals surface area contributed by atoms with E-state index in [9.17, 15) is 4.39 Å². The lowest BCUT2D eigenvalue weighted by Crippen LogP contribution is -1.92. The van der Waals surface area contributed by atoms with Crippen molar-refractivity contribution in [3.05, 3.63) is 48.2 Å². The number of nitrogens with zero attached hydrogens (tertiary/aromatic N) is 3. The molecule has 0 radical (unpaired) electrons. The number of rotatable bonds is 1. The molecule has 17 heavy (non-hydrogen) atoms. The zero-order valence-electron chi connectivity index (χ0n) is 9.68. The van der Waals surface area contributed by atoms with Gasteiger partial charge < -0.3 is 4.57 Å². The molecule has 3 rings (SSSR count). The molecule has 0 saturated carbocycles. The highest BCUT2D eigenvalue weighted by Gasteiger charge is 2.09. The maximum absolute atomic E-state index is 12.9. The largest absolute Gasteiger partial charge is 0.313 e. The van der Waals surface area contributed by atoms with Crippen molar-refractivity contribution in [3.8, 4) is 11.3 Å². The molecule has 2 heterocycles. The van der Waals surface area contributed by atoms with E-state index in [-0.39, 0.29) is 5.82 Å². The Hall–Kier alpha value is -2.10. The third-order valence-electron chi connectivity index (χ3n) is 2.90. The lowest BCUT2D eigenvalue weighted by Gasteiger charge is -2.02. The second-order valence-electron chi connectivity index (χ2n) is 4.17. The molecule has 1 aromatic carbocycles. The minimum atomic E-state index is -0.219. The Bertz CT molecular complexity index is 677. The number of halogens is 1. The number of imidazole rings is 2. The van der Waals surface area contributed by atoms with Crippen LogP contribution in [0.5, 0.6) is 0 Å². The molecular weight excluding hydrogens is 217 g/mol. The van der Waals surface area contributed by atoms with Gasteiger partial charge in [-0.3, -0.25) is 4.40 Å². The van der Waals surface area contributed by atoms with Crippen molar-refractivity contribution in [1.82, 2.24) is 14.0 Å². The van der Waals surface area contributed by atoms with Crippen LogP contribution in [0.2, 0.25) is 0 Å². The van der Waals surface area contributed by atoms with E-state index < -0.39 is 0 Å². The fraction of sp³-hybridized carbons (Fsp3) is 0.154. The fourth-order valence-electron chi connectivity index (χ4n) is 2.06. The van der Waals surface area contributed by atoms with Gasteiger partial charge in [0.2, 0.25) is 5.78 Å². The van der Waals surface area contributed by atoms with Crippen molar-refractivity contribution >= 4 is 5.78 Å². The first-order chi connectivity index (χ1) is 8.15. The quantitative estimate of drug-likeness (QED) is 0.629. The summed E-state index contributed by atoms with van der Waals surface area (Å²) in [6.45, 7) is 1.96. The Morgan fingerprint density at radius 1 is 1.12 bits per heavy atom. The van der Waals surface area contributed by atoms with Crippen LogP contribution in [-0.2, 0) is 7.05 Å². The first-order valence-corrected chi connectivity index (χ1v) is 5.42. The van der Waals surface area contributed by atoms with Crippen molar-refractivity contribution in [1.29, 1.82) is 0 Å². The molecule has 0 atom stereocenters. The van der Waals surface area contributed by atoms with Crippen LogP contribution in [0.15, 0.2) is 36.7 Å². The van der Waals surface area contributed by atoms with Crippen LogP contribution < -0.4 is 0 Å². The third-order valence-corrected chi connectivity index (χ3v) is 2.90. The van der Waals surface area contributed by atoms with Crippen molar-refractivity contribution in [2.24, 2.45) is 7.05 Å². The molecule has 4 heteroatoms. The monoisotopic (exact) mass is 229 g/mol. The summed E-state index contributed by atoms with van der Waals surface area (Å²) in [7, 11) is 1.96. The van der Waals surface area contributed by atoms with E-state index in [0.29, 0.717) is 0 Å². The zero-order chi connectivity index (χ0) is 12.0. The molecule has 0 aliphatic heterocycles. The van der Waals surface area contributed by atoms with Crippen molar-refractivity contribution in [2.75, 3.05) is 0 Å². The van der Waals surface area contributed by atoms with Crippen molar-refractivity contribution in [2.45, 2.75) is 6.92 Å². The molecule has 2 aromatic heterocycles. The Kier molecular flexibility index (Phi) is 2.04. The highest BCUT2D eigenvalue weighted by atomic mass is 19.1. The van der Waals surface area contributed by atoms with E-state index in [1.165, 1.54) is 12.1 Å². The smallest absolute Gasteiger partial charge is 0.214 e. The number of hydrogen-bond acceptors (Lipinski definition) is 1. The van der Waals surface area contributed by atoms with Gasteiger partial charge in [0.15, 0.2) is 0 Å². The van der Waals surface area contributed by atoms with Crippen LogP contribution in [0.1, 0.15) is 5.69 Å². The van der Waals surface area contributed by atoms with Gasteiger partial charge in [-0.05, 0) is 36.8 Å². The molecule has 0 spiro atoms. The SMILES string of the molecule is Cc1cn2cc(-c3ccc(F)cc3)n(C)c2n1. The molecule has 0 bridgehead atoms. The van der Waals surface area contributed by atoms with E-state index in [0.717, 1.165) is 22.7 Å². The zero-order valence-corrected chi connectivity index (χ0v) is 9.68. The van der Waals surface area contributed by atoms with Crippen LogP contribution in [0, 0.1) is 12.7 Å². The fourth-order valence-corrected chi connectivity index (χ4v) is 2.06. The summed E-state index contributed by atoms with van der Waals surface area (Å²) < 4.78 is 16.9. The predicted molar refractivity (Wildman–Crippen MR) is 64.3 cm³/mol. The average Bonchev–Trinajstić information content (AvgIpc) is 2.79. The van der Waals surface area contributed by atoms with E-state index in [2.05, 4.69) is 4.98 Å². The Morgan fingerprint density at radius 3 is 2.47 bits per heavy atom. The van der Waals surface area contributed by atoms with E-state index in [1.54, 1.807) is 12.1 Å². The summed E-state index contributed by atoms with van der Waals surface area (Å²) in [6.07, 6.45) is 3.98. The summed E-state index contributed by atoms with van der Waals surface area (Å²) in [5.74, 6) is 0.672. The topological polar surface area (TPSA) is 22.2 Å². The molecule has 0 unspecified atom stereocenters. The van der Waals surface area contributed by atoms with Gasteiger partial charge >= 0.3 is 0 Å². The molecule has 0 N–H and O–H groups in total. The van der Waals surface area contributed by atoms with E-state index in [1.807, 2.05) is 35.3 Å². The van der Waals surface area contributed by atoms with Gasteiger partial charge in [0.1, 0.15) is 5.82 Å². The lowest BCUT2D eigenvalue weighted by molar-refractivity contribution is 0.628. The second kappa shape index (κ2) is 3.45. The first-order valence-electron chi connectivity index (χ1n) is 5.42. The molecule has 86 valence electrons. The maximum Gasteiger partial charge on any atom is 0.214 e.